The fourth-order valence-electron chi connectivity index (χ4n) is 5.70. The summed E-state index contributed by atoms with van der Waals surface area (Å²) in [6, 6.07) is 15.6. The van der Waals surface area contributed by atoms with Crippen molar-refractivity contribution in [2.24, 2.45) is 0 Å². The van der Waals surface area contributed by atoms with Gasteiger partial charge in [0.15, 0.2) is 0 Å². The van der Waals surface area contributed by atoms with Crippen molar-refractivity contribution in [3.8, 4) is 39.5 Å². The van der Waals surface area contributed by atoms with Gasteiger partial charge in [-0.05, 0) is 84.0 Å². The Morgan fingerprint density at radius 1 is 0.705 bits per heavy atom. The highest BCUT2D eigenvalue weighted by Crippen LogP contribution is 2.44. The summed E-state index contributed by atoms with van der Waals surface area (Å²) in [7, 11) is 0. The van der Waals surface area contributed by atoms with Gasteiger partial charge >= 0.3 is 0 Å². The van der Waals surface area contributed by atoms with E-state index in [2.05, 4.69) is 105 Å². The Bertz CT molecular complexity index is 2010. The van der Waals surface area contributed by atoms with Gasteiger partial charge in [-0.25, -0.2) is 4.98 Å². The van der Waals surface area contributed by atoms with Crippen LogP contribution in [0, 0.1) is 0 Å². The first-order valence-corrected chi connectivity index (χ1v) is 15.5. The average molecular weight is 591 g/mol. The van der Waals surface area contributed by atoms with E-state index in [0.29, 0.717) is 39.3 Å². The second-order valence-electron chi connectivity index (χ2n) is 16.1. The molecule has 0 unspecified atom stereocenters. The van der Waals surface area contributed by atoms with Crippen LogP contribution < -0.4 is 0 Å². The summed E-state index contributed by atoms with van der Waals surface area (Å²) in [6.07, 6.45) is 1.75. The quantitative estimate of drug-likeness (QED) is 0.227. The Balaban J connectivity index is 1.86. The number of imidazole rings is 1. The van der Waals surface area contributed by atoms with Crippen molar-refractivity contribution >= 4 is 11.0 Å². The Kier molecular flexibility index (Phi) is 6.66. The molecule has 0 bridgehead atoms. The molecule has 4 heteroatoms. The molecule has 0 aliphatic carbocycles. The highest BCUT2D eigenvalue weighted by Gasteiger charge is 2.30. The molecule has 44 heavy (non-hydrogen) atoms. The highest BCUT2D eigenvalue weighted by atomic mass is 16.3. The van der Waals surface area contributed by atoms with Crippen molar-refractivity contribution in [3.05, 3.63) is 89.5 Å². The Morgan fingerprint density at radius 2 is 1.36 bits per heavy atom. The van der Waals surface area contributed by atoms with Crippen LogP contribution in [0.15, 0.2) is 72.9 Å². The zero-order valence-corrected chi connectivity index (χ0v) is 28.5. The number of nitrogens with zero attached hydrogens (tertiary/aromatic N) is 3. The zero-order chi connectivity index (χ0) is 35.0. The second kappa shape index (κ2) is 10.6. The van der Waals surface area contributed by atoms with Crippen LogP contribution in [-0.2, 0) is 21.8 Å². The number of phenols is 1. The molecule has 0 atom stereocenters. The molecule has 0 amide bonds. The van der Waals surface area contributed by atoms with Gasteiger partial charge < -0.3 is 9.67 Å². The zero-order valence-electron chi connectivity index (χ0n) is 31.5. The lowest BCUT2D eigenvalue weighted by molar-refractivity contribution is 0.410. The van der Waals surface area contributed by atoms with E-state index in [-0.39, 0.29) is 40.1 Å². The molecule has 2 aromatic heterocycles. The summed E-state index contributed by atoms with van der Waals surface area (Å²) in [5.41, 5.74) is 6.56. The Hall–Kier alpha value is -3.92. The summed E-state index contributed by atoms with van der Waals surface area (Å²) in [5.74, 6) is 0.858. The first kappa shape index (κ1) is 27.6. The van der Waals surface area contributed by atoms with Gasteiger partial charge in [0.1, 0.15) is 11.6 Å². The number of rotatable bonds is 3. The number of fused-ring (bicyclic) bond motifs is 1. The molecule has 4 nitrogen and oxygen atoms in total. The molecule has 0 fully saturated rings. The smallest absolute Gasteiger partial charge is 0.145 e. The van der Waals surface area contributed by atoms with E-state index in [9.17, 15) is 5.11 Å². The van der Waals surface area contributed by atoms with Crippen LogP contribution in [-0.4, -0.2) is 19.6 Å². The molecule has 0 aliphatic heterocycles. The van der Waals surface area contributed by atoms with Crippen molar-refractivity contribution in [1.29, 1.82) is 0 Å². The van der Waals surface area contributed by atoms with E-state index in [0.717, 1.165) is 22.2 Å². The lowest BCUT2D eigenvalue weighted by atomic mass is 9.78. The normalized spacial score (nSPS) is 14.0. The second-order valence-corrected chi connectivity index (χ2v) is 16.1. The fourth-order valence-corrected chi connectivity index (χ4v) is 5.70. The van der Waals surface area contributed by atoms with E-state index in [1.54, 1.807) is 6.20 Å². The number of aromatic hydroxyl groups is 1. The van der Waals surface area contributed by atoms with E-state index >= 15 is 0 Å². The van der Waals surface area contributed by atoms with E-state index in [1.807, 2.05) is 36.4 Å². The van der Waals surface area contributed by atoms with Crippen LogP contribution in [0.3, 0.4) is 0 Å². The standard InChI is InChI=1S/C40H49N3O/c1-37(2,3)27-19-20-41-32(24-27)26-16-13-15-25(21-26)29-17-14-18-33-34(29)42-36(43(33)40(10,11)12)30-22-28(38(4,5)6)23-31(35(30)44)39(7,8)9/h13-24,44H,1-12H3/i13D,15D,16D. The van der Waals surface area contributed by atoms with Crippen LogP contribution in [0.25, 0.3) is 44.8 Å². The highest BCUT2D eigenvalue weighted by molar-refractivity contribution is 5.95. The predicted octanol–water partition coefficient (Wildman–Crippen LogP) is 10.8. The molecule has 2 heterocycles. The molecule has 0 saturated carbocycles. The number of benzene rings is 3. The number of phenolic OH excluding ortho intramolecular Hbond substituents is 1. The average Bonchev–Trinajstić information content (AvgIpc) is 3.35. The van der Waals surface area contributed by atoms with Gasteiger partial charge in [-0.2, -0.15) is 0 Å². The third-order valence-corrected chi connectivity index (χ3v) is 8.26. The maximum atomic E-state index is 11.9. The molecule has 5 rings (SSSR count). The van der Waals surface area contributed by atoms with Crippen LogP contribution in [0.5, 0.6) is 5.75 Å². The van der Waals surface area contributed by atoms with E-state index < -0.39 is 5.54 Å². The lowest BCUT2D eigenvalue weighted by Crippen LogP contribution is -2.23. The van der Waals surface area contributed by atoms with Crippen LogP contribution >= 0.6 is 0 Å². The number of pyridine rings is 1. The van der Waals surface area contributed by atoms with Crippen molar-refractivity contribution in [1.82, 2.24) is 14.5 Å². The maximum absolute atomic E-state index is 11.9. The van der Waals surface area contributed by atoms with Crippen molar-refractivity contribution in [3.63, 3.8) is 0 Å². The molecule has 230 valence electrons. The molecule has 0 radical (unpaired) electrons. The minimum atomic E-state index is -0.410. The van der Waals surface area contributed by atoms with Gasteiger partial charge in [0.25, 0.3) is 0 Å². The first-order valence-electron chi connectivity index (χ1n) is 17.0. The number of para-hydroxylation sites is 1. The third-order valence-electron chi connectivity index (χ3n) is 8.26. The van der Waals surface area contributed by atoms with Gasteiger partial charge in [-0.3, -0.25) is 4.98 Å². The van der Waals surface area contributed by atoms with E-state index in [1.165, 1.54) is 0 Å². The predicted molar refractivity (Wildman–Crippen MR) is 187 cm³/mol. The van der Waals surface area contributed by atoms with Gasteiger partial charge in [0, 0.05) is 28.4 Å². The van der Waals surface area contributed by atoms with Crippen LogP contribution in [0.1, 0.15) is 104 Å². The summed E-state index contributed by atoms with van der Waals surface area (Å²) in [5, 5.41) is 11.9. The third kappa shape index (κ3) is 5.92. The summed E-state index contributed by atoms with van der Waals surface area (Å²) < 4.78 is 28.8. The minimum Gasteiger partial charge on any atom is -0.507 e. The number of aromatic nitrogens is 3. The summed E-state index contributed by atoms with van der Waals surface area (Å²) in [4.78, 5) is 9.87. The van der Waals surface area contributed by atoms with Gasteiger partial charge in [0.2, 0.25) is 0 Å². The molecule has 3 aromatic carbocycles. The first-order chi connectivity index (χ1) is 21.5. The largest absolute Gasteiger partial charge is 0.507 e. The SMILES string of the molecule is [2H]c1c(-c2cc(C(C)(C)C)ccn2)cc(-c2cccc3c2nc(-c2cc(C(C)(C)C)cc(C(C)(C)C)c2O)n3C(C)(C)C)c([2H])c1[2H]. The fraction of sp³-hybridized carbons (Fsp3) is 0.400. The minimum absolute atomic E-state index is 0.0241. The van der Waals surface area contributed by atoms with Crippen molar-refractivity contribution in [2.75, 3.05) is 0 Å². The lowest BCUT2D eigenvalue weighted by Gasteiger charge is -2.29. The van der Waals surface area contributed by atoms with Crippen molar-refractivity contribution in [2.45, 2.75) is 105 Å². The summed E-state index contributed by atoms with van der Waals surface area (Å²) >= 11 is 0. The molecule has 0 spiro atoms. The monoisotopic (exact) mass is 590 g/mol. The molecule has 5 aromatic rings. The van der Waals surface area contributed by atoms with Crippen LogP contribution in [0.2, 0.25) is 0 Å². The maximum Gasteiger partial charge on any atom is 0.145 e. The Labute approximate surface area is 268 Å². The molecule has 0 saturated heterocycles. The number of hydrogen-bond acceptors (Lipinski definition) is 3. The van der Waals surface area contributed by atoms with Gasteiger partial charge in [-0.1, -0.05) is 98.6 Å². The Morgan fingerprint density at radius 3 is 1.98 bits per heavy atom. The molecule has 0 aliphatic rings. The van der Waals surface area contributed by atoms with Crippen molar-refractivity contribution < 1.29 is 9.22 Å². The molecular formula is C40H49N3O. The number of hydrogen-bond donors (Lipinski definition) is 1. The van der Waals surface area contributed by atoms with Crippen LogP contribution in [0.4, 0.5) is 0 Å². The molecular weight excluding hydrogens is 538 g/mol. The van der Waals surface area contributed by atoms with E-state index in [4.69, 9.17) is 9.10 Å². The topological polar surface area (TPSA) is 50.9 Å². The molecule has 1 N–H and O–H groups in total. The van der Waals surface area contributed by atoms with Gasteiger partial charge in [0.05, 0.1) is 26.4 Å². The van der Waals surface area contributed by atoms with Gasteiger partial charge in [-0.15, -0.1) is 0 Å². The summed E-state index contributed by atoms with van der Waals surface area (Å²) in [6.45, 7) is 25.6.